The zero-order valence-corrected chi connectivity index (χ0v) is 14.9. The van der Waals surface area contributed by atoms with Crippen LogP contribution in [0, 0.1) is 6.92 Å². The van der Waals surface area contributed by atoms with Crippen LogP contribution in [0.3, 0.4) is 0 Å². The molecule has 1 N–H and O–H groups in total. The van der Waals surface area contributed by atoms with Gasteiger partial charge in [-0.2, -0.15) is 0 Å². The third-order valence-corrected chi connectivity index (χ3v) is 3.65. The van der Waals surface area contributed by atoms with Crippen molar-refractivity contribution in [3.63, 3.8) is 0 Å². The second-order valence-corrected chi connectivity index (χ2v) is 5.93. The first-order chi connectivity index (χ1) is 11.2. The van der Waals surface area contributed by atoms with Gasteiger partial charge in [0.2, 0.25) is 0 Å². The lowest BCUT2D eigenvalue weighted by atomic mass is 10.3. The van der Waals surface area contributed by atoms with Gasteiger partial charge in [0.1, 0.15) is 13.1 Å². The molecule has 0 spiro atoms. The first-order valence-electron chi connectivity index (χ1n) is 8.74. The fourth-order valence-corrected chi connectivity index (χ4v) is 2.28. The van der Waals surface area contributed by atoms with Crippen molar-refractivity contribution >= 4 is 0 Å². The van der Waals surface area contributed by atoms with E-state index in [0.717, 1.165) is 18.7 Å². The van der Waals surface area contributed by atoms with Gasteiger partial charge in [0.05, 0.1) is 6.61 Å². The van der Waals surface area contributed by atoms with Crippen molar-refractivity contribution in [1.29, 1.82) is 0 Å². The standard InChI is InChI=1S/C10H16NO.C10H16N/c1-2-3-6-11-7-4-5-10(8-11)9-12;1-3-4-7-11-8-5-6-10(2)9-11/h4-5,7-8,12H,2-3,6,9H2,1H3;5-6,8-9H,3-4,7H2,1-2H3/q2*+1. The summed E-state index contributed by atoms with van der Waals surface area (Å²) in [5, 5.41) is 8.87. The third kappa shape index (κ3) is 8.46. The van der Waals surface area contributed by atoms with E-state index in [2.05, 4.69) is 54.4 Å². The molecule has 0 saturated carbocycles. The Hall–Kier alpha value is -1.74. The van der Waals surface area contributed by atoms with Crippen LogP contribution in [0.5, 0.6) is 0 Å². The van der Waals surface area contributed by atoms with Crippen molar-refractivity contribution in [1.82, 2.24) is 0 Å². The second kappa shape index (κ2) is 11.8. The van der Waals surface area contributed by atoms with Crippen molar-refractivity contribution < 1.29 is 14.2 Å². The molecule has 0 unspecified atom stereocenters. The smallest absolute Gasteiger partial charge is 0.174 e. The fraction of sp³-hybridized carbons (Fsp3) is 0.500. The molecule has 3 nitrogen and oxygen atoms in total. The molecule has 2 heterocycles. The van der Waals surface area contributed by atoms with Crippen molar-refractivity contribution in [2.75, 3.05) is 0 Å². The molecule has 3 heteroatoms. The lowest BCUT2D eigenvalue weighted by Crippen LogP contribution is -2.33. The number of pyridine rings is 2. The minimum Gasteiger partial charge on any atom is -0.391 e. The van der Waals surface area contributed by atoms with Crippen molar-refractivity contribution in [2.24, 2.45) is 0 Å². The number of nitrogens with zero attached hydrogens (tertiary/aromatic N) is 2. The molecule has 0 radical (unpaired) electrons. The fourth-order valence-electron chi connectivity index (χ4n) is 2.28. The predicted octanol–water partition coefficient (Wildman–Crippen LogP) is 3.35. The van der Waals surface area contributed by atoms with Gasteiger partial charge in [-0.1, -0.05) is 26.7 Å². The lowest BCUT2D eigenvalue weighted by Gasteiger charge is -1.96. The predicted molar refractivity (Wildman–Crippen MR) is 93.7 cm³/mol. The van der Waals surface area contributed by atoms with Crippen molar-refractivity contribution in [2.45, 2.75) is 66.2 Å². The number of aryl methyl sites for hydroxylation is 3. The van der Waals surface area contributed by atoms with Crippen LogP contribution in [0.4, 0.5) is 0 Å². The Morgan fingerprint density at radius 1 is 0.870 bits per heavy atom. The van der Waals surface area contributed by atoms with Crippen LogP contribution in [-0.2, 0) is 19.7 Å². The Morgan fingerprint density at radius 3 is 1.96 bits per heavy atom. The molecule has 0 aliphatic heterocycles. The van der Waals surface area contributed by atoms with Crippen molar-refractivity contribution in [3.05, 3.63) is 60.2 Å². The lowest BCUT2D eigenvalue weighted by molar-refractivity contribution is -0.697. The molecule has 23 heavy (non-hydrogen) atoms. The number of rotatable bonds is 7. The molecule has 0 aliphatic carbocycles. The van der Waals surface area contributed by atoms with E-state index in [1.807, 2.05) is 24.5 Å². The van der Waals surface area contributed by atoms with Gasteiger partial charge < -0.3 is 5.11 Å². The number of aliphatic hydroxyl groups is 1. The molecule has 0 aliphatic rings. The van der Waals surface area contributed by atoms with Gasteiger partial charge in [0.15, 0.2) is 24.8 Å². The summed E-state index contributed by atoms with van der Waals surface area (Å²) >= 11 is 0. The van der Waals surface area contributed by atoms with Crippen LogP contribution >= 0.6 is 0 Å². The van der Waals surface area contributed by atoms with Gasteiger partial charge in [-0.15, -0.1) is 0 Å². The minimum atomic E-state index is 0.132. The van der Waals surface area contributed by atoms with E-state index in [0.29, 0.717) is 0 Å². The Kier molecular flexibility index (Phi) is 9.89. The molecule has 0 aromatic carbocycles. The normalized spacial score (nSPS) is 10.1. The number of unbranched alkanes of at least 4 members (excludes halogenated alkanes) is 2. The van der Waals surface area contributed by atoms with Crippen molar-refractivity contribution in [3.8, 4) is 0 Å². The second-order valence-electron chi connectivity index (χ2n) is 5.93. The monoisotopic (exact) mass is 316 g/mol. The maximum absolute atomic E-state index is 8.87. The maximum atomic E-state index is 8.87. The summed E-state index contributed by atoms with van der Waals surface area (Å²) < 4.78 is 4.37. The Bertz CT molecular complexity index is 555. The number of aromatic nitrogens is 2. The first kappa shape index (κ1) is 19.3. The molecule has 0 bridgehead atoms. The quantitative estimate of drug-likeness (QED) is 0.780. The van der Waals surface area contributed by atoms with E-state index in [9.17, 15) is 0 Å². The average Bonchev–Trinajstić information content (AvgIpc) is 2.59. The van der Waals surface area contributed by atoms with Crippen LogP contribution < -0.4 is 9.13 Å². The van der Waals surface area contributed by atoms with Gasteiger partial charge >= 0.3 is 0 Å². The third-order valence-electron chi connectivity index (χ3n) is 3.65. The summed E-state index contributed by atoms with van der Waals surface area (Å²) in [6.07, 6.45) is 13.3. The molecule has 0 fully saturated rings. The van der Waals surface area contributed by atoms with Crippen LogP contribution in [0.25, 0.3) is 0 Å². The Morgan fingerprint density at radius 2 is 1.43 bits per heavy atom. The number of hydrogen-bond acceptors (Lipinski definition) is 1. The molecule has 2 rings (SSSR count). The van der Waals surface area contributed by atoms with Gasteiger partial charge in [0.25, 0.3) is 0 Å². The van der Waals surface area contributed by atoms with E-state index in [1.165, 1.54) is 31.2 Å². The first-order valence-corrected chi connectivity index (χ1v) is 8.74. The molecule has 0 amide bonds. The van der Waals surface area contributed by atoms with Gasteiger partial charge in [-0.3, -0.25) is 0 Å². The highest BCUT2D eigenvalue weighted by atomic mass is 16.3. The average molecular weight is 316 g/mol. The summed E-state index contributed by atoms with van der Waals surface area (Å²) in [7, 11) is 0. The summed E-state index contributed by atoms with van der Waals surface area (Å²) in [5.41, 5.74) is 2.32. The summed E-state index contributed by atoms with van der Waals surface area (Å²) in [5.74, 6) is 0. The molecule has 0 atom stereocenters. The molecule has 126 valence electrons. The highest BCUT2D eigenvalue weighted by Crippen LogP contribution is 1.94. The van der Waals surface area contributed by atoms with E-state index >= 15 is 0 Å². The van der Waals surface area contributed by atoms with Crippen LogP contribution in [0.2, 0.25) is 0 Å². The number of hydrogen-bond donors (Lipinski definition) is 1. The Balaban J connectivity index is 0.000000231. The zero-order chi connectivity index (χ0) is 16.9. The molecule has 2 aromatic rings. The SMILES string of the molecule is CCCC[n+]1cccc(C)c1.CCCC[n+]1cccc(CO)c1. The van der Waals surface area contributed by atoms with Gasteiger partial charge in [0, 0.05) is 36.1 Å². The van der Waals surface area contributed by atoms with E-state index in [-0.39, 0.29) is 6.61 Å². The number of aliphatic hydroxyl groups excluding tert-OH is 1. The summed E-state index contributed by atoms with van der Waals surface area (Å²) in [6.45, 7) is 8.85. The summed E-state index contributed by atoms with van der Waals surface area (Å²) in [4.78, 5) is 0. The minimum absolute atomic E-state index is 0.132. The van der Waals surface area contributed by atoms with Crippen LogP contribution in [0.15, 0.2) is 49.1 Å². The Labute approximate surface area is 141 Å². The molecule has 0 saturated heterocycles. The summed E-state index contributed by atoms with van der Waals surface area (Å²) in [6, 6.07) is 8.14. The van der Waals surface area contributed by atoms with Crippen LogP contribution in [0.1, 0.15) is 50.7 Å². The van der Waals surface area contributed by atoms with E-state index < -0.39 is 0 Å². The zero-order valence-electron chi connectivity index (χ0n) is 14.9. The highest BCUT2D eigenvalue weighted by molar-refractivity contribution is 5.03. The van der Waals surface area contributed by atoms with Gasteiger partial charge in [-0.05, 0) is 19.1 Å². The molecule has 2 aromatic heterocycles. The van der Waals surface area contributed by atoms with E-state index in [1.54, 1.807) is 0 Å². The van der Waals surface area contributed by atoms with Crippen LogP contribution in [-0.4, -0.2) is 5.11 Å². The molecular formula is C20H32N2O+2. The van der Waals surface area contributed by atoms with E-state index in [4.69, 9.17) is 5.11 Å². The largest absolute Gasteiger partial charge is 0.391 e. The topological polar surface area (TPSA) is 28.0 Å². The molecular weight excluding hydrogens is 284 g/mol. The maximum Gasteiger partial charge on any atom is 0.174 e. The highest BCUT2D eigenvalue weighted by Gasteiger charge is 2.00. The van der Waals surface area contributed by atoms with Gasteiger partial charge in [-0.25, -0.2) is 9.13 Å².